The number of nitrogens with zero attached hydrogens (tertiary/aromatic N) is 4. The largest absolute Gasteiger partial charge is 0.291 e. The molecule has 4 rings (SSSR count). The Kier molecular flexibility index (Phi) is 3.49. The summed E-state index contributed by atoms with van der Waals surface area (Å²) >= 11 is 0. The summed E-state index contributed by atoms with van der Waals surface area (Å²) in [5, 5.41) is 0.951. The molecule has 0 unspecified atom stereocenters. The van der Waals surface area contributed by atoms with Gasteiger partial charge in [0.05, 0.1) is 29.3 Å². The van der Waals surface area contributed by atoms with Crippen LogP contribution in [-0.4, -0.2) is 19.5 Å². The van der Waals surface area contributed by atoms with E-state index in [9.17, 15) is 13.6 Å². The minimum absolute atomic E-state index is 0.0129. The Morgan fingerprint density at radius 1 is 1.00 bits per heavy atom. The number of fused-ring (bicyclic) bond motifs is 2. The SMILES string of the molecule is Cc1nc(Cn2cnc3cc(F)c(F)cc3c2=O)nc2ccccc12. The third-order valence-corrected chi connectivity index (χ3v) is 4.02. The number of hydrogen-bond acceptors (Lipinski definition) is 4. The number of para-hydroxylation sites is 1. The molecule has 25 heavy (non-hydrogen) atoms. The molecule has 0 fully saturated rings. The highest BCUT2D eigenvalue weighted by molar-refractivity contribution is 5.80. The van der Waals surface area contributed by atoms with Crippen molar-refractivity contribution >= 4 is 21.8 Å². The van der Waals surface area contributed by atoms with E-state index in [4.69, 9.17) is 0 Å². The molecule has 4 aromatic rings. The molecule has 0 spiro atoms. The van der Waals surface area contributed by atoms with Crippen molar-refractivity contribution in [2.75, 3.05) is 0 Å². The van der Waals surface area contributed by atoms with Gasteiger partial charge in [0.25, 0.3) is 5.56 Å². The summed E-state index contributed by atoms with van der Waals surface area (Å²) in [6, 6.07) is 9.35. The van der Waals surface area contributed by atoms with Gasteiger partial charge in [-0.1, -0.05) is 18.2 Å². The van der Waals surface area contributed by atoms with Crippen molar-refractivity contribution in [3.63, 3.8) is 0 Å². The average molecular weight is 338 g/mol. The van der Waals surface area contributed by atoms with Crippen LogP contribution in [0.25, 0.3) is 21.8 Å². The average Bonchev–Trinajstić information content (AvgIpc) is 2.59. The van der Waals surface area contributed by atoms with Crippen LogP contribution in [0.4, 0.5) is 8.78 Å². The lowest BCUT2D eigenvalue weighted by atomic mass is 10.2. The Morgan fingerprint density at radius 2 is 1.76 bits per heavy atom. The zero-order chi connectivity index (χ0) is 17.6. The van der Waals surface area contributed by atoms with Gasteiger partial charge in [-0.2, -0.15) is 0 Å². The maximum Gasteiger partial charge on any atom is 0.261 e. The number of hydrogen-bond donors (Lipinski definition) is 0. The second-order valence-electron chi connectivity index (χ2n) is 5.70. The summed E-state index contributed by atoms with van der Waals surface area (Å²) < 4.78 is 28.0. The molecular weight excluding hydrogens is 326 g/mol. The van der Waals surface area contributed by atoms with Crippen molar-refractivity contribution in [1.82, 2.24) is 19.5 Å². The predicted octanol–water partition coefficient (Wildman–Crippen LogP) is 2.97. The predicted molar refractivity (Wildman–Crippen MR) is 89.3 cm³/mol. The van der Waals surface area contributed by atoms with Crippen LogP contribution < -0.4 is 5.56 Å². The van der Waals surface area contributed by atoms with Crippen LogP contribution in [0.3, 0.4) is 0 Å². The topological polar surface area (TPSA) is 60.7 Å². The summed E-state index contributed by atoms with van der Waals surface area (Å²) in [5.74, 6) is -1.67. The van der Waals surface area contributed by atoms with Crippen molar-refractivity contribution in [1.29, 1.82) is 0 Å². The van der Waals surface area contributed by atoms with Gasteiger partial charge in [-0.15, -0.1) is 0 Å². The first-order chi connectivity index (χ1) is 12.0. The molecule has 2 heterocycles. The lowest BCUT2D eigenvalue weighted by molar-refractivity contribution is 0.510. The number of aryl methyl sites for hydroxylation is 1. The van der Waals surface area contributed by atoms with E-state index < -0.39 is 17.2 Å². The minimum Gasteiger partial charge on any atom is -0.291 e. The fourth-order valence-electron chi connectivity index (χ4n) is 2.78. The summed E-state index contributed by atoms with van der Waals surface area (Å²) in [6.45, 7) is 1.96. The van der Waals surface area contributed by atoms with Crippen LogP contribution in [0.5, 0.6) is 0 Å². The maximum absolute atomic E-state index is 13.4. The fraction of sp³-hybridized carbons (Fsp3) is 0.111. The molecule has 5 nitrogen and oxygen atoms in total. The Morgan fingerprint density at radius 3 is 2.60 bits per heavy atom. The molecule has 7 heteroatoms. The van der Waals surface area contributed by atoms with Crippen molar-refractivity contribution < 1.29 is 8.78 Å². The van der Waals surface area contributed by atoms with E-state index in [2.05, 4.69) is 15.0 Å². The highest BCUT2D eigenvalue weighted by atomic mass is 19.2. The van der Waals surface area contributed by atoms with Crippen molar-refractivity contribution in [3.8, 4) is 0 Å². The fourth-order valence-corrected chi connectivity index (χ4v) is 2.78. The van der Waals surface area contributed by atoms with Gasteiger partial charge in [0.2, 0.25) is 0 Å². The van der Waals surface area contributed by atoms with Crippen LogP contribution in [0, 0.1) is 18.6 Å². The van der Waals surface area contributed by atoms with Crippen molar-refractivity contribution in [2.45, 2.75) is 13.5 Å². The Balaban J connectivity index is 1.82. The molecule has 0 atom stereocenters. The summed E-state index contributed by atoms with van der Waals surface area (Å²) in [6.07, 6.45) is 1.29. The quantitative estimate of drug-likeness (QED) is 0.564. The molecule has 0 amide bonds. The molecule has 0 N–H and O–H groups in total. The number of rotatable bonds is 2. The van der Waals surface area contributed by atoms with Crippen LogP contribution >= 0.6 is 0 Å². The van der Waals surface area contributed by atoms with E-state index in [0.717, 1.165) is 28.7 Å². The van der Waals surface area contributed by atoms with E-state index in [1.165, 1.54) is 10.9 Å². The molecule has 124 valence electrons. The highest BCUT2D eigenvalue weighted by Crippen LogP contribution is 2.16. The molecule has 0 bridgehead atoms. The Labute approximate surface area is 140 Å². The van der Waals surface area contributed by atoms with E-state index in [1.807, 2.05) is 31.2 Å². The number of halogens is 2. The first-order valence-electron chi connectivity index (χ1n) is 7.59. The minimum atomic E-state index is -1.08. The molecule has 0 saturated heterocycles. The second kappa shape index (κ2) is 5.70. The summed E-state index contributed by atoms with van der Waals surface area (Å²) in [4.78, 5) is 25.4. The molecule has 0 saturated carbocycles. The molecule has 2 aromatic carbocycles. The van der Waals surface area contributed by atoms with Gasteiger partial charge in [0.1, 0.15) is 5.82 Å². The van der Waals surface area contributed by atoms with Gasteiger partial charge in [-0.25, -0.2) is 23.7 Å². The van der Waals surface area contributed by atoms with Crippen molar-refractivity contribution in [2.24, 2.45) is 0 Å². The highest BCUT2D eigenvalue weighted by Gasteiger charge is 2.11. The van der Waals surface area contributed by atoms with E-state index in [1.54, 1.807) is 0 Å². The van der Waals surface area contributed by atoms with Crippen LogP contribution in [0.2, 0.25) is 0 Å². The van der Waals surface area contributed by atoms with E-state index in [0.29, 0.717) is 5.82 Å². The first kappa shape index (κ1) is 15.3. The zero-order valence-corrected chi connectivity index (χ0v) is 13.2. The van der Waals surface area contributed by atoms with E-state index >= 15 is 0 Å². The van der Waals surface area contributed by atoms with Gasteiger partial charge in [0, 0.05) is 17.1 Å². The molecule has 0 aliphatic rings. The molecule has 2 aromatic heterocycles. The third kappa shape index (κ3) is 2.63. The van der Waals surface area contributed by atoms with Crippen LogP contribution in [0.1, 0.15) is 11.5 Å². The Hall–Kier alpha value is -3.22. The molecular formula is C18H12F2N4O. The lowest BCUT2D eigenvalue weighted by Gasteiger charge is -2.08. The van der Waals surface area contributed by atoms with Gasteiger partial charge in [-0.05, 0) is 19.1 Å². The van der Waals surface area contributed by atoms with Gasteiger partial charge < -0.3 is 0 Å². The maximum atomic E-state index is 13.4. The van der Waals surface area contributed by atoms with Gasteiger partial charge >= 0.3 is 0 Å². The molecule has 0 aliphatic heterocycles. The first-order valence-corrected chi connectivity index (χ1v) is 7.59. The van der Waals surface area contributed by atoms with Crippen LogP contribution in [0.15, 0.2) is 47.5 Å². The monoisotopic (exact) mass is 338 g/mol. The smallest absolute Gasteiger partial charge is 0.261 e. The van der Waals surface area contributed by atoms with E-state index in [-0.39, 0.29) is 17.4 Å². The second-order valence-corrected chi connectivity index (χ2v) is 5.70. The van der Waals surface area contributed by atoms with Gasteiger partial charge in [-0.3, -0.25) is 9.36 Å². The normalized spacial score (nSPS) is 11.3. The number of benzene rings is 2. The molecule has 0 aliphatic carbocycles. The van der Waals surface area contributed by atoms with Gasteiger partial charge in [0.15, 0.2) is 11.6 Å². The summed E-state index contributed by atoms with van der Waals surface area (Å²) in [7, 11) is 0. The summed E-state index contributed by atoms with van der Waals surface area (Å²) in [5.41, 5.74) is 1.21. The lowest BCUT2D eigenvalue weighted by Crippen LogP contribution is -2.22. The standard InChI is InChI=1S/C18H12F2N4O/c1-10-11-4-2-3-5-15(11)23-17(22-10)8-24-9-21-16-7-14(20)13(19)6-12(16)18(24)25/h2-7,9H,8H2,1H3. The van der Waals surface area contributed by atoms with Crippen molar-refractivity contribution in [3.05, 3.63) is 76.2 Å². The Bertz CT molecular complexity index is 1190. The van der Waals surface area contributed by atoms with Crippen LogP contribution in [-0.2, 0) is 6.54 Å². The number of aromatic nitrogens is 4. The zero-order valence-electron chi connectivity index (χ0n) is 13.2. The third-order valence-electron chi connectivity index (χ3n) is 4.02. The molecule has 0 radical (unpaired) electrons.